The maximum Gasteiger partial charge on any atom is 0.251 e. The topological polar surface area (TPSA) is 98.5 Å². The molecule has 0 spiro atoms. The number of hydrogen-bond acceptors (Lipinski definition) is 5. The Kier molecular flexibility index (Phi) is 4.53. The van der Waals surface area contributed by atoms with E-state index in [9.17, 15) is 13.2 Å². The van der Waals surface area contributed by atoms with E-state index in [4.69, 9.17) is 10.5 Å². The predicted octanol–water partition coefficient (Wildman–Crippen LogP) is 0.827. The normalized spacial score (nSPS) is 22.2. The zero-order valence-corrected chi connectivity index (χ0v) is 12.9. The Morgan fingerprint density at radius 1 is 1.43 bits per heavy atom. The van der Waals surface area contributed by atoms with Crippen molar-refractivity contribution in [2.45, 2.75) is 24.3 Å². The first-order valence-corrected chi connectivity index (χ1v) is 8.67. The summed E-state index contributed by atoms with van der Waals surface area (Å²) in [6.45, 7) is 3.19. The average molecular weight is 312 g/mol. The zero-order valence-electron chi connectivity index (χ0n) is 12.1. The molecular formula is C14H20N2O4S. The van der Waals surface area contributed by atoms with Gasteiger partial charge in [0, 0.05) is 36.6 Å². The minimum atomic E-state index is -3.40. The van der Waals surface area contributed by atoms with E-state index in [2.05, 4.69) is 5.32 Å². The number of carbonyl (C=O) groups is 1. The van der Waals surface area contributed by atoms with Crippen molar-refractivity contribution < 1.29 is 17.9 Å². The highest BCUT2D eigenvalue weighted by Crippen LogP contribution is 2.20. The van der Waals surface area contributed by atoms with Gasteiger partial charge in [0.05, 0.1) is 11.0 Å². The van der Waals surface area contributed by atoms with Gasteiger partial charge in [0.1, 0.15) is 0 Å². The predicted molar refractivity (Wildman–Crippen MR) is 79.8 cm³/mol. The molecule has 2 atom stereocenters. The second-order valence-electron chi connectivity index (χ2n) is 5.40. The fourth-order valence-corrected chi connectivity index (χ4v) is 3.03. The van der Waals surface area contributed by atoms with Crippen LogP contribution in [0, 0.1) is 5.92 Å². The quantitative estimate of drug-likeness (QED) is 0.802. The van der Waals surface area contributed by atoms with E-state index in [-0.39, 0.29) is 34.1 Å². The van der Waals surface area contributed by atoms with Crippen LogP contribution in [0.1, 0.15) is 23.7 Å². The Hall–Kier alpha value is -1.60. The highest BCUT2D eigenvalue weighted by Gasteiger charge is 2.24. The monoisotopic (exact) mass is 312 g/mol. The third kappa shape index (κ3) is 3.95. The minimum absolute atomic E-state index is 0.0465. The lowest BCUT2D eigenvalue weighted by Crippen LogP contribution is -2.32. The van der Waals surface area contributed by atoms with Crippen LogP contribution < -0.4 is 11.1 Å². The van der Waals surface area contributed by atoms with Crippen LogP contribution in [0.3, 0.4) is 0 Å². The van der Waals surface area contributed by atoms with E-state index in [1.807, 2.05) is 6.92 Å². The smallest absolute Gasteiger partial charge is 0.251 e. The van der Waals surface area contributed by atoms with Gasteiger partial charge in [0.25, 0.3) is 5.91 Å². The summed E-state index contributed by atoms with van der Waals surface area (Å²) in [4.78, 5) is 12.2. The summed E-state index contributed by atoms with van der Waals surface area (Å²) >= 11 is 0. The lowest BCUT2D eigenvalue weighted by atomic mass is 10.0. The molecule has 2 rings (SSSR count). The van der Waals surface area contributed by atoms with Crippen molar-refractivity contribution in [3.8, 4) is 0 Å². The van der Waals surface area contributed by atoms with Crippen LogP contribution in [-0.2, 0) is 14.6 Å². The summed E-state index contributed by atoms with van der Waals surface area (Å²) < 4.78 is 28.6. The highest BCUT2D eigenvalue weighted by molar-refractivity contribution is 7.90. The Balaban J connectivity index is 2.10. The van der Waals surface area contributed by atoms with Crippen LogP contribution in [0.2, 0.25) is 0 Å². The molecule has 2 unspecified atom stereocenters. The molecule has 1 aliphatic rings. The Bertz CT molecular complexity index is 642. The van der Waals surface area contributed by atoms with E-state index in [0.717, 1.165) is 12.7 Å². The fraction of sp³-hybridized carbons (Fsp3) is 0.500. The van der Waals surface area contributed by atoms with Crippen molar-refractivity contribution in [1.29, 1.82) is 0 Å². The van der Waals surface area contributed by atoms with Gasteiger partial charge in [-0.25, -0.2) is 8.42 Å². The summed E-state index contributed by atoms with van der Waals surface area (Å²) in [6, 6.07) is 4.16. The lowest BCUT2D eigenvalue weighted by Gasteiger charge is -2.15. The van der Waals surface area contributed by atoms with Crippen LogP contribution >= 0.6 is 0 Å². The van der Waals surface area contributed by atoms with Gasteiger partial charge in [-0.05, 0) is 31.5 Å². The van der Waals surface area contributed by atoms with E-state index in [1.165, 1.54) is 18.2 Å². The summed E-state index contributed by atoms with van der Waals surface area (Å²) in [7, 11) is -3.40. The van der Waals surface area contributed by atoms with E-state index in [0.29, 0.717) is 13.2 Å². The van der Waals surface area contributed by atoms with Crippen molar-refractivity contribution in [2.24, 2.45) is 5.92 Å². The average Bonchev–Trinajstić information content (AvgIpc) is 2.79. The molecule has 0 aliphatic carbocycles. The Morgan fingerprint density at radius 2 is 2.14 bits per heavy atom. The van der Waals surface area contributed by atoms with E-state index >= 15 is 0 Å². The van der Waals surface area contributed by atoms with Crippen molar-refractivity contribution in [3.05, 3.63) is 23.8 Å². The summed E-state index contributed by atoms with van der Waals surface area (Å²) in [5, 5.41) is 2.81. The highest BCUT2D eigenvalue weighted by atomic mass is 32.2. The number of amides is 1. The molecule has 0 saturated carbocycles. The number of nitrogens with one attached hydrogen (secondary N) is 1. The van der Waals surface area contributed by atoms with Crippen molar-refractivity contribution in [3.63, 3.8) is 0 Å². The maximum absolute atomic E-state index is 12.1. The molecule has 3 N–H and O–H groups in total. The van der Waals surface area contributed by atoms with Crippen LogP contribution in [0.4, 0.5) is 5.69 Å². The van der Waals surface area contributed by atoms with Gasteiger partial charge in [-0.15, -0.1) is 0 Å². The molecule has 0 bridgehead atoms. The van der Waals surface area contributed by atoms with Crippen LogP contribution in [0.5, 0.6) is 0 Å². The number of rotatable bonds is 4. The standard InChI is InChI=1S/C14H20N2O4S/c1-9-10(3-4-20-9)8-16-14(17)11-5-12(15)7-13(6-11)21(2,18)19/h5-7,9-10H,3-4,8,15H2,1-2H3,(H,16,17). The van der Waals surface area contributed by atoms with Gasteiger partial charge in [-0.1, -0.05) is 0 Å². The number of anilines is 1. The number of nitrogens with two attached hydrogens (primary N) is 1. The second kappa shape index (κ2) is 6.03. The molecule has 1 aliphatic heterocycles. The zero-order chi connectivity index (χ0) is 15.6. The number of hydrogen-bond donors (Lipinski definition) is 2. The number of carbonyl (C=O) groups excluding carboxylic acids is 1. The lowest BCUT2D eigenvalue weighted by molar-refractivity contribution is 0.0907. The molecule has 7 heteroatoms. The first kappa shape index (κ1) is 15.8. The molecule has 21 heavy (non-hydrogen) atoms. The molecule has 1 saturated heterocycles. The van der Waals surface area contributed by atoms with E-state index in [1.54, 1.807) is 0 Å². The fourth-order valence-electron chi connectivity index (χ4n) is 2.34. The number of sulfone groups is 1. The Labute approximate surface area is 124 Å². The number of nitrogen functional groups attached to an aromatic ring is 1. The molecule has 6 nitrogen and oxygen atoms in total. The van der Waals surface area contributed by atoms with Gasteiger partial charge >= 0.3 is 0 Å². The summed E-state index contributed by atoms with van der Waals surface area (Å²) in [6.07, 6.45) is 2.12. The molecular weight excluding hydrogens is 292 g/mol. The first-order chi connectivity index (χ1) is 9.77. The van der Waals surface area contributed by atoms with Crippen LogP contribution in [-0.4, -0.2) is 39.8 Å². The molecule has 116 valence electrons. The molecule has 1 fully saturated rings. The van der Waals surface area contributed by atoms with Crippen LogP contribution in [0.25, 0.3) is 0 Å². The molecule has 0 radical (unpaired) electrons. The molecule has 1 aromatic carbocycles. The molecule has 1 amide bonds. The summed E-state index contributed by atoms with van der Waals surface area (Å²) in [5.41, 5.74) is 6.17. The Morgan fingerprint density at radius 3 is 2.71 bits per heavy atom. The van der Waals surface area contributed by atoms with Gasteiger partial charge < -0.3 is 15.8 Å². The second-order valence-corrected chi connectivity index (χ2v) is 7.41. The van der Waals surface area contributed by atoms with Gasteiger partial charge in [0.2, 0.25) is 0 Å². The molecule has 1 aromatic rings. The van der Waals surface area contributed by atoms with Gasteiger partial charge in [-0.3, -0.25) is 4.79 Å². The van der Waals surface area contributed by atoms with Crippen molar-refractivity contribution in [1.82, 2.24) is 5.32 Å². The maximum atomic E-state index is 12.1. The van der Waals surface area contributed by atoms with Gasteiger partial charge in [-0.2, -0.15) is 0 Å². The van der Waals surface area contributed by atoms with Crippen molar-refractivity contribution >= 4 is 21.4 Å². The van der Waals surface area contributed by atoms with Crippen molar-refractivity contribution in [2.75, 3.05) is 25.1 Å². The van der Waals surface area contributed by atoms with E-state index < -0.39 is 9.84 Å². The third-order valence-corrected chi connectivity index (χ3v) is 4.77. The molecule has 1 heterocycles. The summed E-state index contributed by atoms with van der Waals surface area (Å²) in [5.74, 6) is -0.0457. The molecule has 0 aromatic heterocycles. The van der Waals surface area contributed by atoms with Gasteiger partial charge in [0.15, 0.2) is 9.84 Å². The SMILES string of the molecule is CC1OCCC1CNC(=O)c1cc(N)cc(S(C)(=O)=O)c1. The number of ether oxygens (including phenoxy) is 1. The minimum Gasteiger partial charge on any atom is -0.399 e. The van der Waals surface area contributed by atoms with Crippen LogP contribution in [0.15, 0.2) is 23.1 Å². The first-order valence-electron chi connectivity index (χ1n) is 6.78. The third-order valence-electron chi connectivity index (χ3n) is 3.68. The largest absolute Gasteiger partial charge is 0.399 e. The number of benzene rings is 1.